The molecule has 0 aliphatic rings. The monoisotopic (exact) mass is 211 g/mol. The van der Waals surface area contributed by atoms with Gasteiger partial charge in [0, 0.05) is 5.54 Å². The highest BCUT2D eigenvalue weighted by Gasteiger charge is 2.18. The summed E-state index contributed by atoms with van der Waals surface area (Å²) >= 11 is 0. The molecule has 0 amide bonds. The van der Waals surface area contributed by atoms with E-state index in [4.69, 9.17) is 9.52 Å². The van der Waals surface area contributed by atoms with Crippen LogP contribution in [0, 0.1) is 0 Å². The predicted molar refractivity (Wildman–Crippen MR) is 56.9 cm³/mol. The maximum atomic E-state index is 10.8. The molecular formula is C11H17NO3. The first-order chi connectivity index (χ1) is 6.96. The number of rotatable bonds is 5. The van der Waals surface area contributed by atoms with Crippen molar-refractivity contribution in [2.45, 2.75) is 39.3 Å². The number of aromatic carboxylic acids is 1. The quantitative estimate of drug-likeness (QED) is 0.784. The first-order valence-corrected chi connectivity index (χ1v) is 5.01. The average molecular weight is 211 g/mol. The number of carboxylic acids is 1. The Morgan fingerprint density at radius 2 is 2.27 bits per heavy atom. The number of hydrogen-bond donors (Lipinski definition) is 2. The first-order valence-electron chi connectivity index (χ1n) is 5.01. The van der Waals surface area contributed by atoms with Crippen LogP contribution in [0.1, 0.15) is 43.3 Å². The van der Waals surface area contributed by atoms with E-state index < -0.39 is 5.97 Å². The van der Waals surface area contributed by atoms with Gasteiger partial charge in [0.2, 0.25) is 0 Å². The van der Waals surface area contributed by atoms with Crippen LogP contribution in [0.2, 0.25) is 0 Å². The summed E-state index contributed by atoms with van der Waals surface area (Å²) < 4.78 is 5.12. The molecule has 0 saturated heterocycles. The number of nitrogens with one attached hydrogen (secondary N) is 1. The summed E-state index contributed by atoms with van der Waals surface area (Å²) in [6, 6.07) is 1.47. The zero-order valence-electron chi connectivity index (χ0n) is 9.33. The standard InChI is InChI=1S/C11H17NO3/c1-4-11(2,3)12-7-9-8(10(13)14)5-6-15-9/h5-6,12H,4,7H2,1-3H3,(H,13,14). The van der Waals surface area contributed by atoms with Crippen LogP contribution in [0.4, 0.5) is 0 Å². The Bertz CT molecular complexity index is 341. The average Bonchev–Trinajstić information content (AvgIpc) is 2.63. The molecule has 0 radical (unpaired) electrons. The van der Waals surface area contributed by atoms with Crippen molar-refractivity contribution in [1.29, 1.82) is 0 Å². The highest BCUT2D eigenvalue weighted by Crippen LogP contribution is 2.13. The van der Waals surface area contributed by atoms with Crippen molar-refractivity contribution in [3.05, 3.63) is 23.7 Å². The predicted octanol–water partition coefficient (Wildman–Crippen LogP) is 2.26. The lowest BCUT2D eigenvalue weighted by molar-refractivity contribution is 0.0694. The van der Waals surface area contributed by atoms with E-state index >= 15 is 0 Å². The van der Waals surface area contributed by atoms with E-state index in [1.807, 2.05) is 0 Å². The second-order valence-electron chi connectivity index (χ2n) is 4.15. The van der Waals surface area contributed by atoms with Crippen LogP contribution in [0.25, 0.3) is 0 Å². The van der Waals surface area contributed by atoms with E-state index in [0.29, 0.717) is 12.3 Å². The minimum atomic E-state index is -0.949. The summed E-state index contributed by atoms with van der Waals surface area (Å²) in [6.45, 7) is 6.65. The molecule has 84 valence electrons. The minimum absolute atomic E-state index is 0.0113. The van der Waals surface area contributed by atoms with E-state index in [2.05, 4.69) is 26.1 Å². The molecule has 15 heavy (non-hydrogen) atoms. The SMILES string of the molecule is CCC(C)(C)NCc1occc1C(=O)O. The molecule has 0 bridgehead atoms. The number of hydrogen-bond acceptors (Lipinski definition) is 3. The highest BCUT2D eigenvalue weighted by atomic mass is 16.4. The van der Waals surface area contributed by atoms with Gasteiger partial charge < -0.3 is 14.8 Å². The molecule has 1 heterocycles. The molecule has 4 heteroatoms. The molecule has 1 aromatic rings. The molecule has 1 rings (SSSR count). The van der Waals surface area contributed by atoms with Crippen molar-refractivity contribution in [1.82, 2.24) is 5.32 Å². The fourth-order valence-electron chi connectivity index (χ4n) is 1.11. The second-order valence-corrected chi connectivity index (χ2v) is 4.15. The highest BCUT2D eigenvalue weighted by molar-refractivity contribution is 5.88. The zero-order chi connectivity index (χ0) is 11.5. The maximum Gasteiger partial charge on any atom is 0.339 e. The molecule has 2 N–H and O–H groups in total. The van der Waals surface area contributed by atoms with Gasteiger partial charge in [0.1, 0.15) is 11.3 Å². The summed E-state index contributed by atoms with van der Waals surface area (Å²) in [5.41, 5.74) is 0.220. The Morgan fingerprint density at radius 1 is 1.60 bits per heavy atom. The van der Waals surface area contributed by atoms with Gasteiger partial charge in [-0.25, -0.2) is 4.79 Å². The summed E-state index contributed by atoms with van der Waals surface area (Å²) in [7, 11) is 0. The van der Waals surface area contributed by atoms with Gasteiger partial charge in [-0.3, -0.25) is 0 Å². The van der Waals surface area contributed by atoms with Gasteiger partial charge in [-0.2, -0.15) is 0 Å². The van der Waals surface area contributed by atoms with Crippen molar-refractivity contribution in [2.75, 3.05) is 0 Å². The van der Waals surface area contributed by atoms with Crippen molar-refractivity contribution in [3.8, 4) is 0 Å². The van der Waals surface area contributed by atoms with Gasteiger partial charge in [-0.05, 0) is 26.3 Å². The number of furan rings is 1. The zero-order valence-corrected chi connectivity index (χ0v) is 9.33. The Kier molecular flexibility index (Phi) is 3.52. The second kappa shape index (κ2) is 4.49. The summed E-state index contributed by atoms with van der Waals surface area (Å²) in [4.78, 5) is 10.8. The Labute approximate surface area is 89.3 Å². The van der Waals surface area contributed by atoms with Crippen LogP contribution >= 0.6 is 0 Å². The topological polar surface area (TPSA) is 62.5 Å². The molecule has 0 aromatic carbocycles. The Balaban J connectivity index is 2.65. The van der Waals surface area contributed by atoms with Crippen LogP contribution < -0.4 is 5.32 Å². The van der Waals surface area contributed by atoms with Crippen molar-refractivity contribution in [3.63, 3.8) is 0 Å². The largest absolute Gasteiger partial charge is 0.478 e. The lowest BCUT2D eigenvalue weighted by atomic mass is 10.0. The van der Waals surface area contributed by atoms with Gasteiger partial charge in [-0.15, -0.1) is 0 Å². The van der Waals surface area contributed by atoms with Crippen LogP contribution in [0.15, 0.2) is 16.7 Å². The molecule has 1 aromatic heterocycles. The van der Waals surface area contributed by atoms with Gasteiger partial charge in [0.25, 0.3) is 0 Å². The summed E-state index contributed by atoms with van der Waals surface area (Å²) in [5.74, 6) is -0.473. The van der Waals surface area contributed by atoms with Crippen LogP contribution in [0.5, 0.6) is 0 Å². The molecule has 0 fully saturated rings. The molecular weight excluding hydrogens is 194 g/mol. The lowest BCUT2D eigenvalue weighted by Gasteiger charge is -2.23. The smallest absolute Gasteiger partial charge is 0.339 e. The van der Waals surface area contributed by atoms with E-state index in [-0.39, 0.29) is 11.1 Å². The first kappa shape index (κ1) is 11.8. The fraction of sp³-hybridized carbons (Fsp3) is 0.545. The third-order valence-corrected chi connectivity index (χ3v) is 2.59. The van der Waals surface area contributed by atoms with E-state index in [1.54, 1.807) is 0 Å². The number of carbonyl (C=O) groups is 1. The van der Waals surface area contributed by atoms with E-state index in [1.165, 1.54) is 12.3 Å². The van der Waals surface area contributed by atoms with Gasteiger partial charge in [0.05, 0.1) is 12.8 Å². The van der Waals surface area contributed by atoms with Gasteiger partial charge >= 0.3 is 5.97 Å². The third-order valence-electron chi connectivity index (χ3n) is 2.59. The number of carboxylic acid groups (broad SMARTS) is 1. The van der Waals surface area contributed by atoms with E-state index in [0.717, 1.165) is 6.42 Å². The maximum absolute atomic E-state index is 10.8. The molecule has 0 saturated carbocycles. The fourth-order valence-corrected chi connectivity index (χ4v) is 1.11. The molecule has 0 aliphatic heterocycles. The minimum Gasteiger partial charge on any atom is -0.478 e. The Morgan fingerprint density at radius 3 is 2.80 bits per heavy atom. The molecule has 0 spiro atoms. The van der Waals surface area contributed by atoms with Crippen molar-refractivity contribution < 1.29 is 14.3 Å². The van der Waals surface area contributed by atoms with Crippen molar-refractivity contribution >= 4 is 5.97 Å². The Hall–Kier alpha value is -1.29. The molecule has 4 nitrogen and oxygen atoms in total. The normalized spacial score (nSPS) is 11.7. The lowest BCUT2D eigenvalue weighted by Crippen LogP contribution is -2.38. The van der Waals surface area contributed by atoms with E-state index in [9.17, 15) is 4.79 Å². The molecule has 0 aliphatic carbocycles. The molecule has 0 atom stereocenters. The van der Waals surface area contributed by atoms with Crippen LogP contribution in [-0.2, 0) is 6.54 Å². The van der Waals surface area contributed by atoms with Crippen LogP contribution in [0.3, 0.4) is 0 Å². The summed E-state index contributed by atoms with van der Waals surface area (Å²) in [6.07, 6.45) is 2.37. The van der Waals surface area contributed by atoms with Gasteiger partial charge in [0.15, 0.2) is 0 Å². The molecule has 0 unspecified atom stereocenters. The van der Waals surface area contributed by atoms with Crippen LogP contribution in [-0.4, -0.2) is 16.6 Å². The van der Waals surface area contributed by atoms with Gasteiger partial charge in [-0.1, -0.05) is 6.92 Å². The summed E-state index contributed by atoms with van der Waals surface area (Å²) in [5, 5.41) is 12.1. The van der Waals surface area contributed by atoms with Crippen molar-refractivity contribution in [2.24, 2.45) is 0 Å². The third kappa shape index (κ3) is 3.09.